The van der Waals surface area contributed by atoms with Gasteiger partial charge in [0, 0.05) is 13.0 Å². The van der Waals surface area contributed by atoms with E-state index >= 15 is 0 Å². The van der Waals surface area contributed by atoms with Crippen LogP contribution in [0.25, 0.3) is 0 Å². The second-order valence-corrected chi connectivity index (χ2v) is 6.25. The molecule has 2 amide bonds. The first kappa shape index (κ1) is 21.1. The Morgan fingerprint density at radius 1 is 1.04 bits per heavy atom. The van der Waals surface area contributed by atoms with E-state index in [1.165, 1.54) is 0 Å². The number of nitrogens with one attached hydrogen (secondary N) is 2. The van der Waals surface area contributed by atoms with E-state index in [1.807, 2.05) is 48.5 Å². The molecule has 0 aromatic heterocycles. The Morgan fingerprint density at radius 3 is 2.39 bits per heavy atom. The van der Waals surface area contributed by atoms with Crippen LogP contribution in [0.1, 0.15) is 30.0 Å². The number of carbonyl (C=O) groups excluding carboxylic acids is 1. The highest BCUT2D eigenvalue weighted by atomic mass is 16.5. The van der Waals surface area contributed by atoms with Crippen LogP contribution in [0.4, 0.5) is 4.79 Å². The third-order valence-corrected chi connectivity index (χ3v) is 4.25. The van der Waals surface area contributed by atoms with E-state index in [1.54, 1.807) is 14.2 Å². The Kier molecular flexibility index (Phi) is 8.14. The molecule has 1 unspecified atom stereocenters. The second kappa shape index (κ2) is 10.8. The van der Waals surface area contributed by atoms with Gasteiger partial charge in [0.15, 0.2) is 11.5 Å². The number of methoxy groups -OCH3 is 2. The van der Waals surface area contributed by atoms with E-state index in [-0.39, 0.29) is 18.5 Å². The fourth-order valence-electron chi connectivity index (χ4n) is 2.83. The van der Waals surface area contributed by atoms with Crippen LogP contribution in [0.3, 0.4) is 0 Å². The maximum atomic E-state index is 12.3. The van der Waals surface area contributed by atoms with Crippen LogP contribution >= 0.6 is 0 Å². The molecule has 0 spiro atoms. The lowest BCUT2D eigenvalue weighted by Gasteiger charge is -2.20. The number of hydrogen-bond donors (Lipinski definition) is 3. The Morgan fingerprint density at radius 2 is 1.75 bits per heavy atom. The maximum Gasteiger partial charge on any atom is 0.315 e. The molecule has 0 aliphatic heterocycles. The molecular formula is C21H26N2O5. The van der Waals surface area contributed by atoms with E-state index in [9.17, 15) is 9.59 Å². The molecule has 7 nitrogen and oxygen atoms in total. The van der Waals surface area contributed by atoms with E-state index < -0.39 is 5.97 Å². The summed E-state index contributed by atoms with van der Waals surface area (Å²) in [6.07, 6.45) is 0.968. The molecule has 0 aliphatic carbocycles. The number of benzene rings is 2. The van der Waals surface area contributed by atoms with E-state index in [2.05, 4.69) is 10.6 Å². The van der Waals surface area contributed by atoms with Gasteiger partial charge in [0.2, 0.25) is 0 Å². The summed E-state index contributed by atoms with van der Waals surface area (Å²) in [7, 11) is 3.17. The fourth-order valence-corrected chi connectivity index (χ4v) is 2.83. The first-order valence-corrected chi connectivity index (χ1v) is 9.05. The second-order valence-electron chi connectivity index (χ2n) is 6.25. The predicted molar refractivity (Wildman–Crippen MR) is 106 cm³/mol. The molecule has 2 rings (SSSR count). The third-order valence-electron chi connectivity index (χ3n) is 4.25. The van der Waals surface area contributed by atoms with E-state index in [4.69, 9.17) is 14.6 Å². The molecule has 0 radical (unpaired) electrons. The van der Waals surface area contributed by atoms with Gasteiger partial charge in [-0.05, 0) is 36.1 Å². The maximum absolute atomic E-state index is 12.3. The van der Waals surface area contributed by atoms with Crippen LogP contribution in [-0.2, 0) is 11.2 Å². The Labute approximate surface area is 164 Å². The highest BCUT2D eigenvalue weighted by Crippen LogP contribution is 2.29. The SMILES string of the molecule is COc1ccc(CC(NC(=O)NCCCC(=O)O)c2ccccc2)cc1OC. The van der Waals surface area contributed by atoms with Gasteiger partial charge in [-0.3, -0.25) is 4.79 Å². The van der Waals surface area contributed by atoms with Gasteiger partial charge in [0.1, 0.15) is 0 Å². The van der Waals surface area contributed by atoms with Gasteiger partial charge >= 0.3 is 12.0 Å². The number of aliphatic carboxylic acids is 1. The summed E-state index contributed by atoms with van der Waals surface area (Å²) in [5.74, 6) is 0.398. The van der Waals surface area contributed by atoms with Crippen molar-refractivity contribution in [2.24, 2.45) is 0 Å². The molecule has 0 aliphatic rings. The fraction of sp³-hybridized carbons (Fsp3) is 0.333. The summed E-state index contributed by atoms with van der Waals surface area (Å²) in [5.41, 5.74) is 1.95. The van der Waals surface area contributed by atoms with E-state index in [0.29, 0.717) is 30.9 Å². The zero-order chi connectivity index (χ0) is 20.4. The van der Waals surface area contributed by atoms with Crippen LogP contribution in [0.15, 0.2) is 48.5 Å². The predicted octanol–water partition coefficient (Wildman–Crippen LogP) is 3.15. The van der Waals surface area contributed by atoms with E-state index in [0.717, 1.165) is 11.1 Å². The van der Waals surface area contributed by atoms with Gasteiger partial charge in [-0.1, -0.05) is 36.4 Å². The topological polar surface area (TPSA) is 96.9 Å². The third kappa shape index (κ3) is 6.50. The molecule has 0 saturated heterocycles. The molecule has 0 saturated carbocycles. The van der Waals surface area contributed by atoms with Crippen molar-refractivity contribution >= 4 is 12.0 Å². The molecule has 0 bridgehead atoms. The highest BCUT2D eigenvalue weighted by molar-refractivity contribution is 5.74. The zero-order valence-corrected chi connectivity index (χ0v) is 16.1. The molecule has 0 heterocycles. The zero-order valence-electron chi connectivity index (χ0n) is 16.1. The minimum Gasteiger partial charge on any atom is -0.493 e. The lowest BCUT2D eigenvalue weighted by molar-refractivity contribution is -0.137. The largest absolute Gasteiger partial charge is 0.493 e. The smallest absolute Gasteiger partial charge is 0.315 e. The van der Waals surface area contributed by atoms with Crippen LogP contribution in [0, 0.1) is 0 Å². The number of amides is 2. The standard InChI is InChI=1S/C21H26N2O5/c1-27-18-11-10-15(14-19(18)28-2)13-17(16-7-4-3-5-8-16)23-21(26)22-12-6-9-20(24)25/h3-5,7-8,10-11,14,17H,6,9,12-13H2,1-2H3,(H,24,25)(H2,22,23,26). The molecule has 0 fully saturated rings. The van der Waals surface area contributed by atoms with Crippen molar-refractivity contribution in [1.29, 1.82) is 0 Å². The number of rotatable bonds is 10. The van der Waals surface area contributed by atoms with Crippen molar-refractivity contribution in [3.63, 3.8) is 0 Å². The van der Waals surface area contributed by atoms with Crippen LogP contribution < -0.4 is 20.1 Å². The van der Waals surface area contributed by atoms with Crippen molar-refractivity contribution in [2.45, 2.75) is 25.3 Å². The molecule has 150 valence electrons. The number of hydrogen-bond acceptors (Lipinski definition) is 4. The van der Waals surface area contributed by atoms with Gasteiger partial charge < -0.3 is 25.2 Å². The van der Waals surface area contributed by atoms with Gasteiger partial charge in [-0.2, -0.15) is 0 Å². The number of urea groups is 1. The number of ether oxygens (including phenoxy) is 2. The average molecular weight is 386 g/mol. The molecule has 2 aromatic carbocycles. The number of carboxylic acid groups (broad SMARTS) is 1. The first-order valence-electron chi connectivity index (χ1n) is 9.05. The van der Waals surface area contributed by atoms with Crippen molar-refractivity contribution in [3.05, 3.63) is 59.7 Å². The van der Waals surface area contributed by atoms with Crippen LogP contribution in [-0.4, -0.2) is 37.9 Å². The molecule has 1 atom stereocenters. The minimum atomic E-state index is -0.877. The molecule has 28 heavy (non-hydrogen) atoms. The quantitative estimate of drug-likeness (QED) is 0.545. The molecular weight excluding hydrogens is 360 g/mol. The van der Waals surface area contributed by atoms with Crippen molar-refractivity contribution < 1.29 is 24.2 Å². The van der Waals surface area contributed by atoms with Crippen LogP contribution in [0.2, 0.25) is 0 Å². The summed E-state index contributed by atoms with van der Waals surface area (Å²) in [6, 6.07) is 14.7. The van der Waals surface area contributed by atoms with Gasteiger partial charge in [0.25, 0.3) is 0 Å². The normalized spacial score (nSPS) is 11.4. The van der Waals surface area contributed by atoms with Crippen LogP contribution in [0.5, 0.6) is 11.5 Å². The van der Waals surface area contributed by atoms with Gasteiger partial charge in [-0.25, -0.2) is 4.79 Å². The van der Waals surface area contributed by atoms with Gasteiger partial charge in [0.05, 0.1) is 20.3 Å². The summed E-state index contributed by atoms with van der Waals surface area (Å²) in [5, 5.41) is 14.3. The minimum absolute atomic E-state index is 0.0219. The highest BCUT2D eigenvalue weighted by Gasteiger charge is 2.16. The number of carbonyl (C=O) groups is 2. The summed E-state index contributed by atoms with van der Waals surface area (Å²) in [4.78, 5) is 22.8. The summed E-state index contributed by atoms with van der Waals surface area (Å²) in [6.45, 7) is 0.302. The summed E-state index contributed by atoms with van der Waals surface area (Å²) < 4.78 is 10.6. The lowest BCUT2D eigenvalue weighted by Crippen LogP contribution is -2.39. The van der Waals surface area contributed by atoms with Gasteiger partial charge in [-0.15, -0.1) is 0 Å². The Hall–Kier alpha value is -3.22. The summed E-state index contributed by atoms with van der Waals surface area (Å²) >= 11 is 0. The van der Waals surface area contributed by atoms with Crippen molar-refractivity contribution in [3.8, 4) is 11.5 Å². The van der Waals surface area contributed by atoms with Crippen molar-refractivity contribution in [1.82, 2.24) is 10.6 Å². The monoisotopic (exact) mass is 386 g/mol. The first-order chi connectivity index (χ1) is 13.5. The molecule has 7 heteroatoms. The lowest BCUT2D eigenvalue weighted by atomic mass is 9.98. The Bertz CT molecular complexity index is 780. The molecule has 2 aromatic rings. The Balaban J connectivity index is 2.08. The number of carboxylic acids is 1. The van der Waals surface area contributed by atoms with Crippen molar-refractivity contribution in [2.75, 3.05) is 20.8 Å². The average Bonchev–Trinajstić information content (AvgIpc) is 2.71. The molecule has 3 N–H and O–H groups in total.